The average molecular weight is 393 g/mol. The van der Waals surface area contributed by atoms with Gasteiger partial charge in [-0.2, -0.15) is 0 Å². The molecule has 0 spiro atoms. The Balaban J connectivity index is 1.36. The largest absolute Gasteiger partial charge is 0.372 e. The zero-order valence-corrected chi connectivity index (χ0v) is 16.1. The van der Waals surface area contributed by atoms with Crippen LogP contribution >= 0.6 is 11.6 Å². The van der Waals surface area contributed by atoms with E-state index in [4.69, 9.17) is 11.6 Å². The van der Waals surface area contributed by atoms with Crippen molar-refractivity contribution in [1.82, 2.24) is 4.98 Å². The van der Waals surface area contributed by atoms with Gasteiger partial charge in [-0.1, -0.05) is 11.6 Å². The molecule has 0 atom stereocenters. The molecule has 1 aliphatic rings. The molecule has 6 heteroatoms. The minimum atomic E-state index is -0.198. The number of rotatable bonds is 5. The molecule has 0 aliphatic carbocycles. The van der Waals surface area contributed by atoms with Crippen LogP contribution in [-0.2, 0) is 0 Å². The first-order chi connectivity index (χ1) is 13.7. The van der Waals surface area contributed by atoms with E-state index in [9.17, 15) is 4.79 Å². The van der Waals surface area contributed by atoms with Gasteiger partial charge in [0, 0.05) is 35.1 Å². The molecule has 3 aromatic rings. The van der Waals surface area contributed by atoms with Crippen LogP contribution in [0.1, 0.15) is 23.2 Å². The van der Waals surface area contributed by atoms with E-state index in [0.717, 1.165) is 24.6 Å². The smallest absolute Gasteiger partial charge is 0.255 e. The minimum Gasteiger partial charge on any atom is -0.372 e. The van der Waals surface area contributed by atoms with Crippen LogP contribution in [0.5, 0.6) is 0 Å². The number of pyridine rings is 1. The van der Waals surface area contributed by atoms with Gasteiger partial charge < -0.3 is 15.5 Å². The predicted molar refractivity (Wildman–Crippen MR) is 115 cm³/mol. The number of halogens is 1. The van der Waals surface area contributed by atoms with Crippen LogP contribution in [0.3, 0.4) is 0 Å². The summed E-state index contributed by atoms with van der Waals surface area (Å²) in [5.41, 5.74) is 3.42. The Morgan fingerprint density at radius 3 is 2.21 bits per heavy atom. The molecule has 0 radical (unpaired) electrons. The van der Waals surface area contributed by atoms with Crippen molar-refractivity contribution in [2.45, 2.75) is 12.8 Å². The monoisotopic (exact) mass is 392 g/mol. The number of hydrogen-bond donors (Lipinski definition) is 2. The van der Waals surface area contributed by atoms with Crippen LogP contribution in [0.15, 0.2) is 66.9 Å². The van der Waals surface area contributed by atoms with Crippen molar-refractivity contribution in [3.63, 3.8) is 0 Å². The van der Waals surface area contributed by atoms with Crippen molar-refractivity contribution in [2.75, 3.05) is 28.6 Å². The molecule has 1 aromatic heterocycles. The highest BCUT2D eigenvalue weighted by atomic mass is 35.5. The van der Waals surface area contributed by atoms with Crippen molar-refractivity contribution >= 4 is 40.4 Å². The lowest BCUT2D eigenvalue weighted by atomic mass is 10.2. The number of anilines is 4. The fourth-order valence-electron chi connectivity index (χ4n) is 3.23. The maximum absolute atomic E-state index is 12.2. The first kappa shape index (κ1) is 18.3. The van der Waals surface area contributed by atoms with Crippen LogP contribution in [0, 0.1) is 0 Å². The van der Waals surface area contributed by atoms with E-state index in [2.05, 4.69) is 44.8 Å². The molecule has 2 N–H and O–H groups in total. The van der Waals surface area contributed by atoms with E-state index in [1.807, 2.05) is 12.1 Å². The summed E-state index contributed by atoms with van der Waals surface area (Å²) in [5.74, 6) is 0.523. The van der Waals surface area contributed by atoms with Crippen LogP contribution in [0.25, 0.3) is 0 Å². The normalized spacial score (nSPS) is 13.4. The van der Waals surface area contributed by atoms with Gasteiger partial charge in [0.05, 0.1) is 11.9 Å². The third kappa shape index (κ3) is 4.43. The highest BCUT2D eigenvalue weighted by Gasteiger charge is 2.12. The second kappa shape index (κ2) is 8.31. The number of nitrogens with zero attached hydrogens (tertiary/aromatic N) is 2. The van der Waals surface area contributed by atoms with E-state index in [1.54, 1.807) is 30.5 Å². The lowest BCUT2D eigenvalue weighted by Gasteiger charge is -2.17. The van der Waals surface area contributed by atoms with Crippen LogP contribution in [0.2, 0.25) is 5.02 Å². The quantitative estimate of drug-likeness (QED) is 0.616. The molecule has 1 aliphatic heterocycles. The molecule has 5 nitrogen and oxygen atoms in total. The second-order valence-electron chi connectivity index (χ2n) is 6.76. The maximum atomic E-state index is 12.2. The third-order valence-electron chi connectivity index (χ3n) is 4.74. The summed E-state index contributed by atoms with van der Waals surface area (Å²) in [7, 11) is 0. The molecule has 28 heavy (non-hydrogen) atoms. The van der Waals surface area contributed by atoms with Gasteiger partial charge in [0.15, 0.2) is 0 Å². The van der Waals surface area contributed by atoms with Gasteiger partial charge in [0.1, 0.15) is 5.82 Å². The van der Waals surface area contributed by atoms with Gasteiger partial charge >= 0.3 is 0 Å². The van der Waals surface area contributed by atoms with Gasteiger partial charge in [-0.05, 0) is 73.5 Å². The van der Waals surface area contributed by atoms with Gasteiger partial charge in [0.25, 0.3) is 5.91 Å². The van der Waals surface area contributed by atoms with Gasteiger partial charge in [0.2, 0.25) is 0 Å². The molecule has 0 unspecified atom stereocenters. The zero-order valence-electron chi connectivity index (χ0n) is 15.4. The molecule has 4 rings (SSSR count). The molecule has 1 amide bonds. The Morgan fingerprint density at radius 1 is 0.893 bits per heavy atom. The van der Waals surface area contributed by atoms with E-state index < -0.39 is 0 Å². The van der Waals surface area contributed by atoms with Crippen LogP contribution < -0.4 is 15.5 Å². The fraction of sp³-hybridized carbons (Fsp3) is 0.182. The van der Waals surface area contributed by atoms with Crippen LogP contribution in [0.4, 0.5) is 22.9 Å². The highest BCUT2D eigenvalue weighted by Crippen LogP contribution is 2.24. The first-order valence-corrected chi connectivity index (χ1v) is 9.70. The number of carbonyl (C=O) groups is 1. The summed E-state index contributed by atoms with van der Waals surface area (Å²) in [4.78, 5) is 19.0. The summed E-state index contributed by atoms with van der Waals surface area (Å²) in [6, 6.07) is 18.8. The number of amides is 1. The molecule has 2 aromatic carbocycles. The summed E-state index contributed by atoms with van der Waals surface area (Å²) in [6.07, 6.45) is 4.17. The maximum Gasteiger partial charge on any atom is 0.255 e. The molecule has 142 valence electrons. The number of nitrogens with one attached hydrogen (secondary N) is 2. The molecule has 1 saturated heterocycles. The van der Waals surface area contributed by atoms with E-state index in [0.29, 0.717) is 16.3 Å². The average Bonchev–Trinajstić information content (AvgIpc) is 3.25. The molecular formula is C22H21ClN4O. The number of hydrogen-bond acceptors (Lipinski definition) is 4. The number of aromatic nitrogens is 1. The Bertz CT molecular complexity index is 934. The number of benzene rings is 2. The molecule has 2 heterocycles. The van der Waals surface area contributed by atoms with Gasteiger partial charge in [-0.15, -0.1) is 0 Å². The summed E-state index contributed by atoms with van der Waals surface area (Å²) >= 11 is 5.85. The molecule has 0 bridgehead atoms. The summed E-state index contributed by atoms with van der Waals surface area (Å²) in [5, 5.41) is 6.71. The summed E-state index contributed by atoms with van der Waals surface area (Å²) in [6.45, 7) is 2.27. The third-order valence-corrected chi connectivity index (χ3v) is 4.99. The molecular weight excluding hydrogens is 372 g/mol. The Labute approximate surface area is 169 Å². The first-order valence-electron chi connectivity index (χ1n) is 9.32. The van der Waals surface area contributed by atoms with E-state index in [-0.39, 0.29) is 5.91 Å². The van der Waals surface area contributed by atoms with Crippen molar-refractivity contribution in [2.24, 2.45) is 0 Å². The predicted octanol–water partition coefficient (Wildman–Crippen LogP) is 5.33. The lowest BCUT2D eigenvalue weighted by Crippen LogP contribution is -2.17. The Hall–Kier alpha value is -3.05. The highest BCUT2D eigenvalue weighted by molar-refractivity contribution is 6.30. The number of carbonyl (C=O) groups excluding carboxylic acids is 1. The molecule has 1 fully saturated rings. The standard InChI is InChI=1S/C22H21ClN4O/c23-17-5-3-16(4-6-17)22(28)26-19-9-12-21(24-15-19)25-18-7-10-20(11-8-18)27-13-1-2-14-27/h3-12,15H,1-2,13-14H2,(H,24,25)(H,26,28). The van der Waals surface area contributed by atoms with Crippen LogP contribution in [-0.4, -0.2) is 24.0 Å². The lowest BCUT2D eigenvalue weighted by molar-refractivity contribution is 0.102. The van der Waals surface area contributed by atoms with Gasteiger partial charge in [-0.25, -0.2) is 4.98 Å². The van der Waals surface area contributed by atoms with Gasteiger partial charge in [-0.3, -0.25) is 4.79 Å². The van der Waals surface area contributed by atoms with Crippen molar-refractivity contribution in [1.29, 1.82) is 0 Å². The van der Waals surface area contributed by atoms with Crippen molar-refractivity contribution < 1.29 is 4.79 Å². The van der Waals surface area contributed by atoms with E-state index in [1.165, 1.54) is 18.5 Å². The Kier molecular flexibility index (Phi) is 5.44. The zero-order chi connectivity index (χ0) is 19.3. The fourth-order valence-corrected chi connectivity index (χ4v) is 3.35. The topological polar surface area (TPSA) is 57.3 Å². The van der Waals surface area contributed by atoms with Crippen molar-refractivity contribution in [3.05, 3.63) is 77.4 Å². The van der Waals surface area contributed by atoms with E-state index >= 15 is 0 Å². The minimum absolute atomic E-state index is 0.198. The summed E-state index contributed by atoms with van der Waals surface area (Å²) < 4.78 is 0. The second-order valence-corrected chi connectivity index (χ2v) is 7.20. The Morgan fingerprint density at radius 2 is 1.57 bits per heavy atom. The van der Waals surface area contributed by atoms with Crippen molar-refractivity contribution in [3.8, 4) is 0 Å². The molecule has 0 saturated carbocycles. The SMILES string of the molecule is O=C(Nc1ccc(Nc2ccc(N3CCCC3)cc2)nc1)c1ccc(Cl)cc1.